The quantitative estimate of drug-likeness (QED) is 0.509. The molecule has 0 fully saturated rings. The Labute approximate surface area is 104 Å². The van der Waals surface area contributed by atoms with Gasteiger partial charge in [0, 0.05) is 0 Å². The first kappa shape index (κ1) is 15.7. The highest BCUT2D eigenvalue weighted by atomic mass is 14.3. The fraction of sp³-hybridized carbons (Fsp3) is 0.875. The first-order valence-corrected chi connectivity index (χ1v) is 6.95. The van der Waals surface area contributed by atoms with Crippen molar-refractivity contribution < 1.29 is 0 Å². The maximum Gasteiger partial charge on any atom is -0.0182 e. The van der Waals surface area contributed by atoms with Crippen LogP contribution in [-0.2, 0) is 0 Å². The molecular formula is C16H32. The lowest BCUT2D eigenvalue weighted by atomic mass is 9.75. The SMILES string of the molecule is CCCC(C)CC(C=CC(C)C)C(C)(C)C. The van der Waals surface area contributed by atoms with E-state index in [1.54, 1.807) is 0 Å². The molecule has 0 N–H and O–H groups in total. The molecule has 0 aromatic heterocycles. The van der Waals surface area contributed by atoms with E-state index in [1.165, 1.54) is 19.3 Å². The van der Waals surface area contributed by atoms with Gasteiger partial charge in [0.15, 0.2) is 0 Å². The molecule has 0 aromatic rings. The third kappa shape index (κ3) is 7.09. The number of rotatable bonds is 6. The maximum absolute atomic E-state index is 2.46. The zero-order valence-electron chi connectivity index (χ0n) is 12.5. The fourth-order valence-corrected chi connectivity index (χ4v) is 2.12. The van der Waals surface area contributed by atoms with E-state index in [0.29, 0.717) is 11.3 Å². The monoisotopic (exact) mass is 224 g/mol. The fourth-order valence-electron chi connectivity index (χ4n) is 2.12. The molecule has 0 nitrogen and oxygen atoms in total. The molecule has 0 bridgehead atoms. The summed E-state index contributed by atoms with van der Waals surface area (Å²) in [5, 5.41) is 0. The van der Waals surface area contributed by atoms with Crippen LogP contribution in [-0.4, -0.2) is 0 Å². The van der Waals surface area contributed by atoms with Crippen LogP contribution in [0.3, 0.4) is 0 Å². The predicted molar refractivity (Wildman–Crippen MR) is 75.6 cm³/mol. The van der Waals surface area contributed by atoms with E-state index >= 15 is 0 Å². The molecule has 2 atom stereocenters. The van der Waals surface area contributed by atoms with E-state index in [0.717, 1.165) is 11.8 Å². The van der Waals surface area contributed by atoms with Gasteiger partial charge in [-0.2, -0.15) is 0 Å². The first-order chi connectivity index (χ1) is 7.27. The number of hydrogen-bond donors (Lipinski definition) is 0. The summed E-state index contributed by atoms with van der Waals surface area (Å²) in [4.78, 5) is 0. The van der Waals surface area contributed by atoms with Crippen LogP contribution in [0.1, 0.15) is 67.7 Å². The Bertz CT molecular complexity index is 193. The van der Waals surface area contributed by atoms with Gasteiger partial charge in [-0.1, -0.05) is 73.5 Å². The largest absolute Gasteiger partial charge is 0.0857 e. The summed E-state index contributed by atoms with van der Waals surface area (Å²) < 4.78 is 0. The second kappa shape index (κ2) is 7.14. The van der Waals surface area contributed by atoms with Crippen molar-refractivity contribution in [1.82, 2.24) is 0 Å². The highest BCUT2D eigenvalue weighted by molar-refractivity contribution is 4.95. The minimum Gasteiger partial charge on any atom is -0.0857 e. The first-order valence-electron chi connectivity index (χ1n) is 6.95. The van der Waals surface area contributed by atoms with Crippen molar-refractivity contribution in [2.45, 2.75) is 67.7 Å². The highest BCUT2D eigenvalue weighted by Crippen LogP contribution is 2.33. The Balaban J connectivity index is 4.45. The average molecular weight is 224 g/mol. The van der Waals surface area contributed by atoms with Gasteiger partial charge < -0.3 is 0 Å². The molecule has 0 saturated heterocycles. The lowest BCUT2D eigenvalue weighted by molar-refractivity contribution is 0.242. The minimum atomic E-state index is 0.396. The van der Waals surface area contributed by atoms with Gasteiger partial charge in [-0.25, -0.2) is 0 Å². The summed E-state index contributed by atoms with van der Waals surface area (Å²) in [6.07, 6.45) is 8.83. The molecule has 0 aliphatic carbocycles. The van der Waals surface area contributed by atoms with Crippen LogP contribution in [0.2, 0.25) is 0 Å². The summed E-state index contributed by atoms with van der Waals surface area (Å²) in [5.41, 5.74) is 0.396. The predicted octanol–water partition coefficient (Wildman–Crippen LogP) is 5.69. The van der Waals surface area contributed by atoms with Gasteiger partial charge in [0.05, 0.1) is 0 Å². The Morgan fingerprint density at radius 1 is 1.00 bits per heavy atom. The van der Waals surface area contributed by atoms with Crippen LogP contribution in [0.25, 0.3) is 0 Å². The lowest BCUT2D eigenvalue weighted by Crippen LogP contribution is -2.21. The number of hydrogen-bond acceptors (Lipinski definition) is 0. The summed E-state index contributed by atoms with van der Waals surface area (Å²) in [7, 11) is 0. The zero-order chi connectivity index (χ0) is 12.8. The van der Waals surface area contributed by atoms with Gasteiger partial charge >= 0.3 is 0 Å². The van der Waals surface area contributed by atoms with Crippen molar-refractivity contribution in [3.63, 3.8) is 0 Å². The molecule has 0 saturated carbocycles. The van der Waals surface area contributed by atoms with Crippen molar-refractivity contribution in [3.8, 4) is 0 Å². The van der Waals surface area contributed by atoms with Gasteiger partial charge in [-0.15, -0.1) is 0 Å². The van der Waals surface area contributed by atoms with Gasteiger partial charge in [-0.3, -0.25) is 0 Å². The standard InChI is InChI=1S/C16H32/c1-8-9-14(4)12-15(16(5,6)7)11-10-13(2)3/h10-11,13-15H,8-9,12H2,1-7H3. The summed E-state index contributed by atoms with van der Waals surface area (Å²) in [6.45, 7) is 16.3. The normalized spacial score (nSPS) is 17.0. The van der Waals surface area contributed by atoms with Crippen molar-refractivity contribution in [1.29, 1.82) is 0 Å². The third-order valence-corrected chi connectivity index (χ3v) is 3.28. The van der Waals surface area contributed by atoms with Crippen LogP contribution >= 0.6 is 0 Å². The molecule has 96 valence electrons. The molecule has 2 unspecified atom stereocenters. The lowest BCUT2D eigenvalue weighted by Gasteiger charge is -2.30. The zero-order valence-corrected chi connectivity index (χ0v) is 12.5. The molecule has 0 aliphatic heterocycles. The summed E-state index contributed by atoms with van der Waals surface area (Å²) in [6, 6.07) is 0. The van der Waals surface area contributed by atoms with Crippen molar-refractivity contribution in [2.24, 2.45) is 23.2 Å². The van der Waals surface area contributed by atoms with E-state index in [-0.39, 0.29) is 0 Å². The molecule has 0 aromatic carbocycles. The maximum atomic E-state index is 2.46. The van der Waals surface area contributed by atoms with E-state index in [9.17, 15) is 0 Å². The van der Waals surface area contributed by atoms with Crippen molar-refractivity contribution >= 4 is 0 Å². The molecule has 0 heteroatoms. The Kier molecular flexibility index (Phi) is 7.03. The van der Waals surface area contributed by atoms with Crippen LogP contribution in [0.5, 0.6) is 0 Å². The van der Waals surface area contributed by atoms with E-state index in [4.69, 9.17) is 0 Å². The molecule has 0 rings (SSSR count). The van der Waals surface area contributed by atoms with E-state index < -0.39 is 0 Å². The summed E-state index contributed by atoms with van der Waals surface area (Å²) >= 11 is 0. The molecule has 0 amide bonds. The molecule has 0 heterocycles. The van der Waals surface area contributed by atoms with Crippen LogP contribution in [0.15, 0.2) is 12.2 Å². The third-order valence-electron chi connectivity index (χ3n) is 3.28. The van der Waals surface area contributed by atoms with Gasteiger partial charge in [-0.05, 0) is 29.6 Å². The Hall–Kier alpha value is -0.260. The second-order valence-electron chi connectivity index (χ2n) is 6.73. The van der Waals surface area contributed by atoms with Gasteiger partial charge in [0.2, 0.25) is 0 Å². The smallest absolute Gasteiger partial charge is 0.0182 e. The minimum absolute atomic E-state index is 0.396. The second-order valence-corrected chi connectivity index (χ2v) is 6.73. The molecule has 0 aliphatic rings. The molecule has 16 heavy (non-hydrogen) atoms. The molecular weight excluding hydrogens is 192 g/mol. The topological polar surface area (TPSA) is 0 Å². The van der Waals surface area contributed by atoms with E-state index in [2.05, 4.69) is 60.6 Å². The summed E-state index contributed by atoms with van der Waals surface area (Å²) in [5.74, 6) is 2.24. The van der Waals surface area contributed by atoms with Crippen molar-refractivity contribution in [3.05, 3.63) is 12.2 Å². The van der Waals surface area contributed by atoms with Crippen molar-refractivity contribution in [2.75, 3.05) is 0 Å². The van der Waals surface area contributed by atoms with Gasteiger partial charge in [0.1, 0.15) is 0 Å². The molecule has 0 radical (unpaired) electrons. The molecule has 0 spiro atoms. The average Bonchev–Trinajstić information content (AvgIpc) is 2.10. The highest BCUT2D eigenvalue weighted by Gasteiger charge is 2.23. The van der Waals surface area contributed by atoms with Crippen LogP contribution in [0, 0.1) is 23.2 Å². The Morgan fingerprint density at radius 3 is 1.94 bits per heavy atom. The van der Waals surface area contributed by atoms with Crippen LogP contribution in [0.4, 0.5) is 0 Å². The van der Waals surface area contributed by atoms with E-state index in [1.807, 2.05) is 0 Å². The number of allylic oxidation sites excluding steroid dienone is 2. The van der Waals surface area contributed by atoms with Crippen LogP contribution < -0.4 is 0 Å². The van der Waals surface area contributed by atoms with Gasteiger partial charge in [0.25, 0.3) is 0 Å². The Morgan fingerprint density at radius 2 is 1.56 bits per heavy atom.